The van der Waals surface area contributed by atoms with Crippen LogP contribution in [0.3, 0.4) is 0 Å². The molecule has 0 radical (unpaired) electrons. The van der Waals surface area contributed by atoms with Crippen molar-refractivity contribution >= 4 is 17.3 Å². The Morgan fingerprint density at radius 3 is 2.85 bits per heavy atom. The number of hydrogen-bond donors (Lipinski definition) is 2. The molecule has 1 heterocycles. The minimum absolute atomic E-state index is 0.0917. The third kappa shape index (κ3) is 3.48. The highest BCUT2D eigenvalue weighted by Crippen LogP contribution is 2.28. The maximum absolute atomic E-state index is 12.9. The third-order valence-electron chi connectivity index (χ3n) is 3.97. The summed E-state index contributed by atoms with van der Waals surface area (Å²) >= 11 is 0. The number of hydrogen-bond acceptors (Lipinski definition) is 3. The summed E-state index contributed by atoms with van der Waals surface area (Å²) in [6, 6.07) is 3.98. The quantitative estimate of drug-likeness (QED) is 0.833. The Hall–Kier alpha value is -1.62. The average molecular weight is 279 g/mol. The lowest BCUT2D eigenvalue weighted by Gasteiger charge is -2.31. The highest BCUT2D eigenvalue weighted by Gasteiger charge is 2.31. The van der Waals surface area contributed by atoms with Crippen LogP contribution in [0.1, 0.15) is 33.1 Å². The number of amides is 1. The summed E-state index contributed by atoms with van der Waals surface area (Å²) in [4.78, 5) is 14.3. The zero-order chi connectivity index (χ0) is 14.8. The van der Waals surface area contributed by atoms with Crippen LogP contribution in [0.25, 0.3) is 0 Å². The molecular formula is C15H22FN3O. The molecule has 1 saturated heterocycles. The van der Waals surface area contributed by atoms with Gasteiger partial charge in [-0.15, -0.1) is 0 Å². The van der Waals surface area contributed by atoms with Crippen LogP contribution < -0.4 is 11.1 Å². The molecule has 1 fully saturated rings. The van der Waals surface area contributed by atoms with E-state index in [4.69, 9.17) is 5.73 Å². The molecule has 1 aromatic carbocycles. The van der Waals surface area contributed by atoms with Gasteiger partial charge in [-0.25, -0.2) is 4.39 Å². The molecule has 0 aromatic heterocycles. The van der Waals surface area contributed by atoms with E-state index in [0.717, 1.165) is 13.1 Å². The van der Waals surface area contributed by atoms with Crippen molar-refractivity contribution in [2.75, 3.05) is 24.1 Å². The van der Waals surface area contributed by atoms with Gasteiger partial charge in [0, 0.05) is 18.5 Å². The minimum atomic E-state index is -0.403. The monoisotopic (exact) mass is 279 g/mol. The number of carbonyl (C=O) groups is 1. The molecule has 0 atom stereocenters. The van der Waals surface area contributed by atoms with Gasteiger partial charge in [-0.05, 0) is 51.4 Å². The van der Waals surface area contributed by atoms with E-state index in [1.807, 2.05) is 0 Å². The van der Waals surface area contributed by atoms with Crippen molar-refractivity contribution in [3.63, 3.8) is 0 Å². The molecule has 5 heteroatoms. The van der Waals surface area contributed by atoms with Crippen molar-refractivity contribution in [3.05, 3.63) is 24.0 Å². The lowest BCUT2D eigenvalue weighted by molar-refractivity contribution is -0.116. The fourth-order valence-corrected chi connectivity index (χ4v) is 2.67. The van der Waals surface area contributed by atoms with Crippen LogP contribution in [0.15, 0.2) is 18.2 Å². The first kappa shape index (κ1) is 14.8. The van der Waals surface area contributed by atoms with Crippen molar-refractivity contribution in [2.45, 2.75) is 38.6 Å². The fraction of sp³-hybridized carbons (Fsp3) is 0.533. The predicted molar refractivity (Wildman–Crippen MR) is 78.9 cm³/mol. The van der Waals surface area contributed by atoms with Gasteiger partial charge in [0.1, 0.15) is 5.82 Å². The molecule has 20 heavy (non-hydrogen) atoms. The number of rotatable bonds is 4. The van der Waals surface area contributed by atoms with Gasteiger partial charge in [0.25, 0.3) is 0 Å². The van der Waals surface area contributed by atoms with Crippen molar-refractivity contribution in [2.24, 2.45) is 0 Å². The van der Waals surface area contributed by atoms with Crippen LogP contribution in [0, 0.1) is 5.82 Å². The molecule has 0 saturated carbocycles. The Labute approximate surface area is 119 Å². The van der Waals surface area contributed by atoms with Crippen LogP contribution >= 0.6 is 0 Å². The molecule has 2 rings (SSSR count). The molecule has 0 bridgehead atoms. The number of nitrogens with zero attached hydrogens (tertiary/aromatic N) is 1. The maximum atomic E-state index is 12.9. The van der Waals surface area contributed by atoms with E-state index < -0.39 is 5.82 Å². The van der Waals surface area contributed by atoms with E-state index in [9.17, 15) is 9.18 Å². The van der Waals surface area contributed by atoms with Gasteiger partial charge in [0.15, 0.2) is 0 Å². The first-order valence-electron chi connectivity index (χ1n) is 6.98. The molecule has 0 aliphatic carbocycles. The second-order valence-corrected chi connectivity index (χ2v) is 5.93. The first-order valence-corrected chi connectivity index (χ1v) is 6.98. The summed E-state index contributed by atoms with van der Waals surface area (Å²) in [5, 5.41) is 2.73. The van der Waals surface area contributed by atoms with Crippen LogP contribution in [0.2, 0.25) is 0 Å². The normalized spacial score (nSPS) is 18.1. The minimum Gasteiger partial charge on any atom is -0.397 e. The Kier molecular flexibility index (Phi) is 4.28. The molecule has 0 unspecified atom stereocenters. The second-order valence-electron chi connectivity index (χ2n) is 5.93. The highest BCUT2D eigenvalue weighted by atomic mass is 19.1. The van der Waals surface area contributed by atoms with Crippen molar-refractivity contribution in [1.29, 1.82) is 0 Å². The van der Waals surface area contributed by atoms with E-state index in [0.29, 0.717) is 12.1 Å². The number of nitrogens with one attached hydrogen (secondary N) is 1. The van der Waals surface area contributed by atoms with Crippen LogP contribution in [-0.4, -0.2) is 29.4 Å². The summed E-state index contributed by atoms with van der Waals surface area (Å²) in [6.07, 6.45) is 2.76. The zero-order valence-electron chi connectivity index (χ0n) is 12.1. The molecule has 110 valence electrons. The molecule has 1 amide bonds. The van der Waals surface area contributed by atoms with Gasteiger partial charge in [0.05, 0.1) is 11.4 Å². The van der Waals surface area contributed by atoms with E-state index in [2.05, 4.69) is 24.1 Å². The average Bonchev–Trinajstić information content (AvgIpc) is 2.69. The number of halogens is 1. The van der Waals surface area contributed by atoms with Gasteiger partial charge in [0.2, 0.25) is 5.91 Å². The maximum Gasteiger partial charge on any atom is 0.225 e. The van der Waals surface area contributed by atoms with Crippen molar-refractivity contribution < 1.29 is 9.18 Å². The summed E-state index contributed by atoms with van der Waals surface area (Å²) in [5.74, 6) is -0.495. The van der Waals surface area contributed by atoms with Gasteiger partial charge in [-0.1, -0.05) is 0 Å². The molecule has 4 nitrogen and oxygen atoms in total. The standard InChI is InChI=1S/C15H22FN3O/c1-15(2)7-3-8-19(15)9-6-14(20)18-13-5-4-11(16)10-12(13)17/h4-5,10H,3,6-9,17H2,1-2H3,(H,18,20). The SMILES string of the molecule is CC1(C)CCCN1CCC(=O)Nc1ccc(F)cc1N. The van der Waals surface area contributed by atoms with E-state index >= 15 is 0 Å². The molecular weight excluding hydrogens is 257 g/mol. The lowest BCUT2D eigenvalue weighted by Crippen LogP contribution is -2.39. The topological polar surface area (TPSA) is 58.4 Å². The predicted octanol–water partition coefficient (Wildman–Crippen LogP) is 2.61. The molecule has 0 spiro atoms. The number of carbonyl (C=O) groups excluding carboxylic acids is 1. The first-order chi connectivity index (χ1) is 9.38. The van der Waals surface area contributed by atoms with Gasteiger partial charge in [-0.2, -0.15) is 0 Å². The molecule has 1 aliphatic heterocycles. The summed E-state index contributed by atoms with van der Waals surface area (Å²) in [5.41, 5.74) is 6.56. The second kappa shape index (κ2) is 5.79. The van der Waals surface area contributed by atoms with Gasteiger partial charge < -0.3 is 11.1 Å². The molecule has 1 aromatic rings. The Bertz CT molecular complexity index is 502. The Morgan fingerprint density at radius 1 is 1.50 bits per heavy atom. The van der Waals surface area contributed by atoms with Gasteiger partial charge >= 0.3 is 0 Å². The molecule has 1 aliphatic rings. The summed E-state index contributed by atoms with van der Waals surface area (Å²) < 4.78 is 12.9. The van der Waals surface area contributed by atoms with Gasteiger partial charge in [-0.3, -0.25) is 9.69 Å². The van der Waals surface area contributed by atoms with Crippen LogP contribution in [0.4, 0.5) is 15.8 Å². The van der Waals surface area contributed by atoms with Crippen LogP contribution in [-0.2, 0) is 4.79 Å². The third-order valence-corrected chi connectivity index (χ3v) is 3.97. The highest BCUT2D eigenvalue weighted by molar-refractivity contribution is 5.93. The number of benzene rings is 1. The van der Waals surface area contributed by atoms with Crippen molar-refractivity contribution in [3.8, 4) is 0 Å². The smallest absolute Gasteiger partial charge is 0.225 e. The van der Waals surface area contributed by atoms with E-state index in [1.54, 1.807) is 0 Å². The number of anilines is 2. The number of nitrogens with two attached hydrogens (primary N) is 1. The summed E-state index contributed by atoms with van der Waals surface area (Å²) in [6.45, 7) is 6.19. The molecule has 3 N–H and O–H groups in total. The van der Waals surface area contributed by atoms with Crippen molar-refractivity contribution in [1.82, 2.24) is 4.90 Å². The number of likely N-dealkylation sites (tertiary alicyclic amines) is 1. The Morgan fingerprint density at radius 2 is 2.25 bits per heavy atom. The number of nitrogen functional groups attached to an aromatic ring is 1. The largest absolute Gasteiger partial charge is 0.397 e. The lowest BCUT2D eigenvalue weighted by atomic mass is 10.0. The van der Waals surface area contributed by atoms with E-state index in [-0.39, 0.29) is 17.1 Å². The fourth-order valence-electron chi connectivity index (χ4n) is 2.67. The summed E-state index contributed by atoms with van der Waals surface area (Å²) in [7, 11) is 0. The van der Waals surface area contributed by atoms with Crippen LogP contribution in [0.5, 0.6) is 0 Å². The van der Waals surface area contributed by atoms with E-state index in [1.165, 1.54) is 31.0 Å². The zero-order valence-corrected chi connectivity index (χ0v) is 12.1. The Balaban J connectivity index is 1.87.